The van der Waals surface area contributed by atoms with Crippen molar-refractivity contribution in [1.29, 1.82) is 5.41 Å². The molecule has 0 saturated carbocycles. The molecule has 3 heteroatoms. The lowest BCUT2D eigenvalue weighted by atomic mass is 10.3. The summed E-state index contributed by atoms with van der Waals surface area (Å²) in [5, 5.41) is 14.8. The van der Waals surface area contributed by atoms with Crippen LogP contribution in [-0.4, -0.2) is 17.9 Å². The first-order valence-corrected chi connectivity index (χ1v) is 1.87. The maximum absolute atomic E-state index is 8.23. The van der Waals surface area contributed by atoms with E-state index in [-0.39, 0.29) is 6.61 Å². The summed E-state index contributed by atoms with van der Waals surface area (Å²) in [5.41, 5.74) is 5.35. The molecule has 0 aliphatic heterocycles. The maximum Gasteiger partial charge on any atom is 0.0710 e. The van der Waals surface area contributed by atoms with Gasteiger partial charge >= 0.3 is 0 Å². The second-order valence-electron chi connectivity index (χ2n) is 1.04. The molecule has 0 aliphatic carbocycles. The molecule has 0 unspecified atom stereocenters. The molecule has 0 radical (unpaired) electrons. The van der Waals surface area contributed by atoms with E-state index in [1.54, 1.807) is 0 Å². The van der Waals surface area contributed by atoms with E-state index in [0.29, 0.717) is 5.57 Å². The van der Waals surface area contributed by atoms with Crippen LogP contribution in [0.2, 0.25) is 0 Å². The van der Waals surface area contributed by atoms with E-state index in [0.717, 1.165) is 6.21 Å². The van der Waals surface area contributed by atoms with E-state index in [9.17, 15) is 0 Å². The van der Waals surface area contributed by atoms with Crippen LogP contribution in [0.15, 0.2) is 11.8 Å². The molecular formula is C4H8N2O. The molecule has 0 fully saturated rings. The van der Waals surface area contributed by atoms with Crippen LogP contribution in [0.1, 0.15) is 0 Å². The van der Waals surface area contributed by atoms with Crippen molar-refractivity contribution in [2.24, 2.45) is 5.73 Å². The summed E-state index contributed by atoms with van der Waals surface area (Å²) in [7, 11) is 0. The molecule has 0 bridgehead atoms. The number of aliphatic hydroxyl groups is 1. The zero-order valence-electron chi connectivity index (χ0n) is 3.89. The zero-order valence-corrected chi connectivity index (χ0v) is 3.89. The minimum atomic E-state index is -0.153. The fourth-order valence-electron chi connectivity index (χ4n) is 0.146. The highest BCUT2D eigenvalue weighted by Crippen LogP contribution is 1.78. The molecule has 40 valence electrons. The Hall–Kier alpha value is -0.830. The van der Waals surface area contributed by atoms with Gasteiger partial charge in [-0.15, -0.1) is 0 Å². The SMILES string of the molecule is N=C/C(=C\N)CO. The fraction of sp³-hybridized carbons (Fsp3) is 0.250. The van der Waals surface area contributed by atoms with Gasteiger partial charge in [-0.1, -0.05) is 0 Å². The Morgan fingerprint density at radius 1 is 1.86 bits per heavy atom. The van der Waals surface area contributed by atoms with Crippen LogP contribution < -0.4 is 5.73 Å². The predicted octanol–water partition coefficient (Wildman–Crippen LogP) is -0.529. The molecule has 0 aromatic carbocycles. The van der Waals surface area contributed by atoms with Crippen molar-refractivity contribution >= 4 is 6.21 Å². The molecule has 0 saturated heterocycles. The van der Waals surface area contributed by atoms with Gasteiger partial charge < -0.3 is 16.2 Å². The van der Waals surface area contributed by atoms with Crippen molar-refractivity contribution in [3.05, 3.63) is 11.8 Å². The number of hydrogen-bond donors (Lipinski definition) is 3. The van der Waals surface area contributed by atoms with Gasteiger partial charge in [0.05, 0.1) is 6.61 Å². The molecule has 3 nitrogen and oxygen atoms in total. The lowest BCUT2D eigenvalue weighted by molar-refractivity contribution is 0.337. The zero-order chi connectivity index (χ0) is 5.70. The average Bonchev–Trinajstić information content (AvgIpc) is 1.72. The van der Waals surface area contributed by atoms with Crippen molar-refractivity contribution < 1.29 is 5.11 Å². The summed E-state index contributed by atoms with van der Waals surface area (Å²) in [6.07, 6.45) is 2.22. The smallest absolute Gasteiger partial charge is 0.0710 e. The monoisotopic (exact) mass is 100 g/mol. The van der Waals surface area contributed by atoms with Crippen LogP contribution >= 0.6 is 0 Å². The summed E-state index contributed by atoms with van der Waals surface area (Å²) >= 11 is 0. The largest absolute Gasteiger partial charge is 0.404 e. The Morgan fingerprint density at radius 3 is 2.43 bits per heavy atom. The highest BCUT2D eigenvalue weighted by Gasteiger charge is 1.81. The molecule has 0 atom stereocenters. The summed E-state index contributed by atoms with van der Waals surface area (Å²) < 4.78 is 0. The molecule has 0 amide bonds. The van der Waals surface area contributed by atoms with Gasteiger partial charge in [-0.25, -0.2) is 0 Å². The number of nitrogens with one attached hydrogen (secondary N) is 1. The van der Waals surface area contributed by atoms with Crippen molar-refractivity contribution in [2.45, 2.75) is 0 Å². The van der Waals surface area contributed by atoms with E-state index in [1.165, 1.54) is 6.20 Å². The van der Waals surface area contributed by atoms with Gasteiger partial charge in [0, 0.05) is 18.0 Å². The number of rotatable bonds is 2. The van der Waals surface area contributed by atoms with Gasteiger partial charge in [0.15, 0.2) is 0 Å². The topological polar surface area (TPSA) is 70.1 Å². The van der Waals surface area contributed by atoms with Crippen molar-refractivity contribution in [3.8, 4) is 0 Å². The van der Waals surface area contributed by atoms with Crippen LogP contribution in [-0.2, 0) is 0 Å². The van der Waals surface area contributed by atoms with Gasteiger partial charge in [-0.2, -0.15) is 0 Å². The van der Waals surface area contributed by atoms with Crippen LogP contribution in [0.4, 0.5) is 0 Å². The summed E-state index contributed by atoms with van der Waals surface area (Å²) in [5.74, 6) is 0. The third-order valence-corrected chi connectivity index (χ3v) is 0.582. The van der Waals surface area contributed by atoms with E-state index in [4.69, 9.17) is 16.2 Å². The third-order valence-electron chi connectivity index (χ3n) is 0.582. The Labute approximate surface area is 42.0 Å². The first-order valence-electron chi connectivity index (χ1n) is 1.87. The number of aliphatic hydroxyl groups excluding tert-OH is 1. The normalized spacial score (nSPS) is 11.3. The minimum Gasteiger partial charge on any atom is -0.404 e. The maximum atomic E-state index is 8.23. The summed E-state index contributed by atoms with van der Waals surface area (Å²) in [6.45, 7) is -0.153. The molecular weight excluding hydrogens is 92.1 g/mol. The number of nitrogens with two attached hydrogens (primary N) is 1. The van der Waals surface area contributed by atoms with Crippen LogP contribution in [0.5, 0.6) is 0 Å². The Balaban J connectivity index is 3.60. The first kappa shape index (κ1) is 6.17. The predicted molar refractivity (Wildman–Crippen MR) is 28.1 cm³/mol. The Morgan fingerprint density at radius 2 is 2.43 bits per heavy atom. The molecule has 0 aromatic heterocycles. The summed E-state index contributed by atoms with van der Waals surface area (Å²) in [6, 6.07) is 0. The van der Waals surface area contributed by atoms with Gasteiger partial charge in [0.25, 0.3) is 0 Å². The molecule has 0 rings (SSSR count). The highest BCUT2D eigenvalue weighted by molar-refractivity contribution is 5.75. The van der Waals surface area contributed by atoms with E-state index in [2.05, 4.69) is 0 Å². The second kappa shape index (κ2) is 3.36. The standard InChI is InChI=1S/C4H8N2O/c5-1-4(2-6)3-7/h1-2,5,7H,3,6H2/b4-2+,5-1?. The van der Waals surface area contributed by atoms with Gasteiger partial charge in [-0.3, -0.25) is 0 Å². The van der Waals surface area contributed by atoms with Crippen molar-refractivity contribution in [3.63, 3.8) is 0 Å². The van der Waals surface area contributed by atoms with E-state index < -0.39 is 0 Å². The van der Waals surface area contributed by atoms with Gasteiger partial charge in [0.2, 0.25) is 0 Å². The molecule has 7 heavy (non-hydrogen) atoms. The van der Waals surface area contributed by atoms with Crippen LogP contribution in [0, 0.1) is 5.41 Å². The van der Waals surface area contributed by atoms with Crippen molar-refractivity contribution in [2.75, 3.05) is 6.61 Å². The van der Waals surface area contributed by atoms with Gasteiger partial charge in [-0.05, 0) is 0 Å². The summed E-state index contributed by atoms with van der Waals surface area (Å²) in [4.78, 5) is 0. The Bertz CT molecular complexity index is 87.7. The molecule has 4 N–H and O–H groups in total. The number of hydrogen-bond acceptors (Lipinski definition) is 3. The first-order chi connectivity index (χ1) is 3.35. The molecule has 0 aliphatic rings. The Kier molecular flexibility index (Phi) is 2.96. The third kappa shape index (κ3) is 1.94. The van der Waals surface area contributed by atoms with Crippen LogP contribution in [0.25, 0.3) is 0 Å². The molecule has 0 aromatic rings. The average molecular weight is 100 g/mol. The molecule has 0 heterocycles. The van der Waals surface area contributed by atoms with E-state index >= 15 is 0 Å². The highest BCUT2D eigenvalue weighted by atomic mass is 16.3. The lowest BCUT2D eigenvalue weighted by Gasteiger charge is -1.86. The fourth-order valence-corrected chi connectivity index (χ4v) is 0.146. The van der Waals surface area contributed by atoms with Crippen molar-refractivity contribution in [1.82, 2.24) is 0 Å². The van der Waals surface area contributed by atoms with E-state index in [1.807, 2.05) is 0 Å². The molecule has 0 spiro atoms. The van der Waals surface area contributed by atoms with Crippen LogP contribution in [0.3, 0.4) is 0 Å². The second-order valence-corrected chi connectivity index (χ2v) is 1.04. The minimum absolute atomic E-state index is 0.153. The quantitative estimate of drug-likeness (QED) is 0.408. The lowest BCUT2D eigenvalue weighted by Crippen LogP contribution is -1.94. The van der Waals surface area contributed by atoms with Gasteiger partial charge in [0.1, 0.15) is 0 Å².